The number of ether oxygens (including phenoxy) is 1. The first-order valence-electron chi connectivity index (χ1n) is 9.08. The molecule has 7 heteroatoms. The summed E-state index contributed by atoms with van der Waals surface area (Å²) < 4.78 is 32.4. The van der Waals surface area contributed by atoms with E-state index in [1.807, 2.05) is 0 Å². The van der Waals surface area contributed by atoms with E-state index < -0.39 is 29.4 Å². The van der Waals surface area contributed by atoms with Gasteiger partial charge in [-0.2, -0.15) is 0 Å². The molecule has 0 saturated carbocycles. The smallest absolute Gasteiger partial charge is 0.239 e. The topological polar surface area (TPSA) is 72.6 Å². The van der Waals surface area contributed by atoms with E-state index in [0.29, 0.717) is 39.1 Å². The van der Waals surface area contributed by atoms with Crippen LogP contribution in [0, 0.1) is 23.5 Å². The standard InChI is InChI=1S/C19H24F2N2O3/c20-14-1-2-16(21)15(11-14)18(24)13-3-7-23(8-4-13)19(25)17(22)12-5-9-26-10-6-12/h1-2,11-13,17H,3-10,22H2. The summed E-state index contributed by atoms with van der Waals surface area (Å²) in [5.74, 6) is -2.13. The number of nitrogens with zero attached hydrogens (tertiary/aromatic N) is 1. The number of hydrogen-bond acceptors (Lipinski definition) is 4. The Morgan fingerprint density at radius 3 is 2.42 bits per heavy atom. The van der Waals surface area contributed by atoms with Crippen LogP contribution in [0.3, 0.4) is 0 Å². The zero-order chi connectivity index (χ0) is 18.7. The van der Waals surface area contributed by atoms with Crippen molar-refractivity contribution in [3.8, 4) is 0 Å². The molecule has 26 heavy (non-hydrogen) atoms. The van der Waals surface area contributed by atoms with E-state index in [1.54, 1.807) is 4.90 Å². The monoisotopic (exact) mass is 366 g/mol. The van der Waals surface area contributed by atoms with Gasteiger partial charge in [0.05, 0.1) is 11.6 Å². The normalized spacial score (nSPS) is 20.8. The number of nitrogens with two attached hydrogens (primary N) is 1. The van der Waals surface area contributed by atoms with Gasteiger partial charge in [-0.1, -0.05) is 0 Å². The first-order valence-corrected chi connectivity index (χ1v) is 9.08. The third-order valence-electron chi connectivity index (χ3n) is 5.43. The maximum Gasteiger partial charge on any atom is 0.239 e. The number of Topliss-reactive ketones (excluding diaryl/α,β-unsaturated/α-hetero) is 1. The highest BCUT2D eigenvalue weighted by molar-refractivity contribution is 5.98. The molecule has 2 saturated heterocycles. The summed E-state index contributed by atoms with van der Waals surface area (Å²) in [4.78, 5) is 26.8. The molecular formula is C19H24F2N2O3. The zero-order valence-corrected chi connectivity index (χ0v) is 14.6. The second-order valence-electron chi connectivity index (χ2n) is 7.06. The molecule has 0 aliphatic carbocycles. The van der Waals surface area contributed by atoms with Crippen molar-refractivity contribution in [3.05, 3.63) is 35.4 Å². The number of carbonyl (C=O) groups is 2. The number of amides is 1. The van der Waals surface area contributed by atoms with Crippen molar-refractivity contribution in [2.75, 3.05) is 26.3 Å². The average Bonchev–Trinajstić information content (AvgIpc) is 2.69. The maximum absolute atomic E-state index is 13.8. The number of ketones is 1. The van der Waals surface area contributed by atoms with E-state index in [4.69, 9.17) is 10.5 Å². The second-order valence-corrected chi connectivity index (χ2v) is 7.06. The van der Waals surface area contributed by atoms with Gasteiger partial charge in [0.25, 0.3) is 0 Å². The predicted octanol–water partition coefficient (Wildman–Crippen LogP) is 2.14. The number of piperidine rings is 1. The third-order valence-corrected chi connectivity index (χ3v) is 5.43. The van der Waals surface area contributed by atoms with Gasteiger partial charge in [-0.25, -0.2) is 8.78 Å². The Balaban J connectivity index is 1.57. The molecule has 0 spiro atoms. The Labute approximate surface area is 151 Å². The molecule has 2 fully saturated rings. The minimum Gasteiger partial charge on any atom is -0.381 e. The van der Waals surface area contributed by atoms with Crippen LogP contribution in [0.2, 0.25) is 0 Å². The molecule has 1 amide bonds. The summed E-state index contributed by atoms with van der Waals surface area (Å²) in [5, 5.41) is 0. The van der Waals surface area contributed by atoms with E-state index in [1.165, 1.54) is 0 Å². The summed E-state index contributed by atoms with van der Waals surface area (Å²) >= 11 is 0. The zero-order valence-electron chi connectivity index (χ0n) is 14.6. The minimum absolute atomic E-state index is 0.0975. The lowest BCUT2D eigenvalue weighted by atomic mass is 9.87. The van der Waals surface area contributed by atoms with Crippen molar-refractivity contribution in [2.24, 2.45) is 17.6 Å². The fraction of sp³-hybridized carbons (Fsp3) is 0.579. The predicted molar refractivity (Wildman–Crippen MR) is 91.5 cm³/mol. The van der Waals surface area contributed by atoms with Crippen molar-refractivity contribution < 1.29 is 23.1 Å². The molecule has 2 heterocycles. The average molecular weight is 366 g/mol. The largest absolute Gasteiger partial charge is 0.381 e. The third kappa shape index (κ3) is 4.10. The van der Waals surface area contributed by atoms with Crippen molar-refractivity contribution in [1.29, 1.82) is 0 Å². The van der Waals surface area contributed by atoms with E-state index in [0.717, 1.165) is 31.0 Å². The van der Waals surface area contributed by atoms with Gasteiger partial charge >= 0.3 is 0 Å². The van der Waals surface area contributed by atoms with Crippen molar-refractivity contribution in [3.63, 3.8) is 0 Å². The van der Waals surface area contributed by atoms with Gasteiger partial charge in [0, 0.05) is 32.2 Å². The van der Waals surface area contributed by atoms with Gasteiger partial charge in [0.1, 0.15) is 11.6 Å². The molecule has 1 aromatic carbocycles. The summed E-state index contributed by atoms with van der Waals surface area (Å²) in [7, 11) is 0. The van der Waals surface area contributed by atoms with Crippen LogP contribution in [0.25, 0.3) is 0 Å². The number of likely N-dealkylation sites (tertiary alicyclic amines) is 1. The fourth-order valence-electron chi connectivity index (χ4n) is 3.76. The number of halogens is 2. The number of hydrogen-bond donors (Lipinski definition) is 1. The molecule has 2 aliphatic heterocycles. The lowest BCUT2D eigenvalue weighted by Gasteiger charge is -2.35. The molecule has 1 unspecified atom stereocenters. The molecule has 0 bridgehead atoms. The van der Waals surface area contributed by atoms with Crippen molar-refractivity contribution in [1.82, 2.24) is 4.90 Å². The molecule has 0 aromatic heterocycles. The summed E-state index contributed by atoms with van der Waals surface area (Å²) in [6.07, 6.45) is 2.42. The number of benzene rings is 1. The Hall–Kier alpha value is -1.86. The first-order chi connectivity index (χ1) is 12.5. The van der Waals surface area contributed by atoms with Crippen LogP contribution in [0.5, 0.6) is 0 Å². The second kappa shape index (κ2) is 8.22. The minimum atomic E-state index is -0.712. The van der Waals surface area contributed by atoms with Crippen LogP contribution in [0.1, 0.15) is 36.0 Å². The number of rotatable bonds is 4. The van der Waals surface area contributed by atoms with Crippen LogP contribution in [0.4, 0.5) is 8.78 Å². The van der Waals surface area contributed by atoms with Crippen LogP contribution in [-0.2, 0) is 9.53 Å². The van der Waals surface area contributed by atoms with Crippen LogP contribution in [-0.4, -0.2) is 48.9 Å². The molecule has 1 aromatic rings. The molecule has 1 atom stereocenters. The van der Waals surface area contributed by atoms with E-state index in [9.17, 15) is 18.4 Å². The van der Waals surface area contributed by atoms with Gasteiger partial charge in [-0.15, -0.1) is 0 Å². The van der Waals surface area contributed by atoms with Crippen LogP contribution in [0.15, 0.2) is 18.2 Å². The lowest BCUT2D eigenvalue weighted by Crippen LogP contribution is -2.51. The Bertz CT molecular complexity index is 669. The van der Waals surface area contributed by atoms with Gasteiger partial charge < -0.3 is 15.4 Å². The molecule has 3 rings (SSSR count). The molecular weight excluding hydrogens is 342 g/mol. The Morgan fingerprint density at radius 2 is 1.77 bits per heavy atom. The molecule has 5 nitrogen and oxygen atoms in total. The Morgan fingerprint density at radius 1 is 1.12 bits per heavy atom. The summed E-state index contributed by atoms with van der Waals surface area (Å²) in [6, 6.07) is 2.35. The fourth-order valence-corrected chi connectivity index (χ4v) is 3.76. The van der Waals surface area contributed by atoms with E-state index in [2.05, 4.69) is 0 Å². The highest BCUT2D eigenvalue weighted by Crippen LogP contribution is 2.25. The van der Waals surface area contributed by atoms with Gasteiger partial charge in [-0.3, -0.25) is 9.59 Å². The van der Waals surface area contributed by atoms with Crippen LogP contribution < -0.4 is 5.73 Å². The van der Waals surface area contributed by atoms with Crippen molar-refractivity contribution >= 4 is 11.7 Å². The molecule has 2 N–H and O–H groups in total. The summed E-state index contributed by atoms with van der Waals surface area (Å²) in [5.41, 5.74) is 5.93. The van der Waals surface area contributed by atoms with Gasteiger partial charge in [-0.05, 0) is 49.8 Å². The lowest BCUT2D eigenvalue weighted by molar-refractivity contribution is -0.136. The molecule has 0 radical (unpaired) electrons. The van der Waals surface area contributed by atoms with Gasteiger partial charge in [0.2, 0.25) is 5.91 Å². The highest BCUT2D eigenvalue weighted by atomic mass is 19.1. The SMILES string of the molecule is NC(C(=O)N1CCC(C(=O)c2cc(F)ccc2F)CC1)C1CCOCC1. The molecule has 2 aliphatic rings. The van der Waals surface area contributed by atoms with E-state index in [-0.39, 0.29) is 17.4 Å². The maximum atomic E-state index is 13.8. The Kier molecular flexibility index (Phi) is 5.98. The van der Waals surface area contributed by atoms with Crippen molar-refractivity contribution in [2.45, 2.75) is 31.7 Å². The molecule has 142 valence electrons. The summed E-state index contributed by atoms with van der Waals surface area (Å²) in [6.45, 7) is 2.06. The number of carbonyl (C=O) groups excluding carboxylic acids is 2. The highest BCUT2D eigenvalue weighted by Gasteiger charge is 2.34. The van der Waals surface area contributed by atoms with Gasteiger partial charge in [0.15, 0.2) is 5.78 Å². The van der Waals surface area contributed by atoms with E-state index >= 15 is 0 Å². The first kappa shape index (κ1) is 18.9. The quantitative estimate of drug-likeness (QED) is 0.829. The van der Waals surface area contributed by atoms with Crippen LogP contribution >= 0.6 is 0 Å².